The standard InChI is InChI=1S/C14H9Br2FN2O2/c15-9-1-3-11(12(16)6-9)14(21)19-18-7-8-5-10(17)2-4-13(8)20/h1-7,20H,(H,19,21)/b18-7+. The molecule has 21 heavy (non-hydrogen) atoms. The normalized spacial score (nSPS) is 10.8. The van der Waals surface area contributed by atoms with Crippen molar-refractivity contribution in [1.82, 2.24) is 5.43 Å². The number of carbonyl (C=O) groups is 1. The van der Waals surface area contributed by atoms with Gasteiger partial charge in [0.2, 0.25) is 0 Å². The van der Waals surface area contributed by atoms with Gasteiger partial charge >= 0.3 is 0 Å². The summed E-state index contributed by atoms with van der Waals surface area (Å²) in [4.78, 5) is 11.9. The number of halogens is 3. The van der Waals surface area contributed by atoms with Gasteiger partial charge in [-0.1, -0.05) is 15.9 Å². The van der Waals surface area contributed by atoms with Gasteiger partial charge < -0.3 is 5.11 Å². The largest absolute Gasteiger partial charge is 0.507 e. The van der Waals surface area contributed by atoms with Gasteiger partial charge in [0.25, 0.3) is 5.91 Å². The zero-order valence-corrected chi connectivity index (χ0v) is 13.7. The van der Waals surface area contributed by atoms with E-state index in [1.165, 1.54) is 12.3 Å². The Morgan fingerprint density at radius 2 is 2.00 bits per heavy atom. The molecule has 4 nitrogen and oxygen atoms in total. The molecule has 0 radical (unpaired) electrons. The van der Waals surface area contributed by atoms with E-state index in [0.717, 1.165) is 16.6 Å². The molecular formula is C14H9Br2FN2O2. The summed E-state index contributed by atoms with van der Waals surface area (Å²) < 4.78 is 14.5. The Kier molecular flexibility index (Phi) is 5.08. The lowest BCUT2D eigenvalue weighted by atomic mass is 10.2. The summed E-state index contributed by atoms with van der Waals surface area (Å²) in [5.74, 6) is -1.06. The first kappa shape index (κ1) is 15.7. The molecule has 2 rings (SSSR count). The summed E-state index contributed by atoms with van der Waals surface area (Å²) in [7, 11) is 0. The summed E-state index contributed by atoms with van der Waals surface area (Å²) in [6, 6.07) is 8.53. The molecule has 7 heteroatoms. The van der Waals surface area contributed by atoms with Crippen LogP contribution < -0.4 is 5.43 Å². The lowest BCUT2D eigenvalue weighted by molar-refractivity contribution is 0.0954. The first-order valence-electron chi connectivity index (χ1n) is 5.74. The van der Waals surface area contributed by atoms with Crippen LogP contribution in [0, 0.1) is 5.82 Å². The summed E-state index contributed by atoms with van der Waals surface area (Å²) in [5.41, 5.74) is 2.88. The second-order valence-electron chi connectivity index (χ2n) is 4.03. The molecule has 2 aromatic carbocycles. The van der Waals surface area contributed by atoms with Crippen molar-refractivity contribution in [2.45, 2.75) is 0 Å². The van der Waals surface area contributed by atoms with E-state index in [-0.39, 0.29) is 11.3 Å². The van der Waals surface area contributed by atoms with Crippen LogP contribution in [-0.2, 0) is 0 Å². The molecule has 0 saturated heterocycles. The smallest absolute Gasteiger partial charge is 0.272 e. The minimum absolute atomic E-state index is 0.126. The number of amides is 1. The quantitative estimate of drug-likeness (QED) is 0.591. The van der Waals surface area contributed by atoms with Crippen molar-refractivity contribution in [3.63, 3.8) is 0 Å². The van der Waals surface area contributed by atoms with Crippen LogP contribution in [0.25, 0.3) is 0 Å². The molecule has 0 saturated carbocycles. The van der Waals surface area contributed by atoms with E-state index in [1.807, 2.05) is 0 Å². The van der Waals surface area contributed by atoms with Crippen LogP contribution >= 0.6 is 31.9 Å². The predicted molar refractivity (Wildman–Crippen MR) is 85.0 cm³/mol. The summed E-state index contributed by atoms with van der Waals surface area (Å²) in [6.07, 6.45) is 1.17. The van der Waals surface area contributed by atoms with Crippen molar-refractivity contribution >= 4 is 44.0 Å². The number of hydrazone groups is 1. The first-order valence-corrected chi connectivity index (χ1v) is 7.33. The van der Waals surface area contributed by atoms with E-state index in [2.05, 4.69) is 42.4 Å². The fourth-order valence-electron chi connectivity index (χ4n) is 1.52. The van der Waals surface area contributed by atoms with Gasteiger partial charge in [-0.3, -0.25) is 4.79 Å². The number of rotatable bonds is 3. The average Bonchev–Trinajstić information content (AvgIpc) is 2.42. The van der Waals surface area contributed by atoms with Crippen molar-refractivity contribution in [2.24, 2.45) is 5.10 Å². The second kappa shape index (κ2) is 6.82. The highest BCUT2D eigenvalue weighted by Gasteiger charge is 2.09. The van der Waals surface area contributed by atoms with E-state index < -0.39 is 11.7 Å². The molecule has 0 fully saturated rings. The van der Waals surface area contributed by atoms with E-state index in [1.54, 1.807) is 18.2 Å². The number of phenols is 1. The minimum Gasteiger partial charge on any atom is -0.507 e. The van der Waals surface area contributed by atoms with Gasteiger partial charge in [-0.2, -0.15) is 5.10 Å². The zero-order chi connectivity index (χ0) is 15.4. The third kappa shape index (κ3) is 4.12. The van der Waals surface area contributed by atoms with Gasteiger partial charge in [-0.25, -0.2) is 9.82 Å². The lowest BCUT2D eigenvalue weighted by Crippen LogP contribution is -2.18. The fourth-order valence-corrected chi connectivity index (χ4v) is 2.75. The van der Waals surface area contributed by atoms with Gasteiger partial charge in [0.05, 0.1) is 11.8 Å². The average molecular weight is 416 g/mol. The number of aromatic hydroxyl groups is 1. The van der Waals surface area contributed by atoms with Crippen molar-refractivity contribution in [3.8, 4) is 5.75 Å². The molecule has 2 aromatic rings. The molecule has 0 atom stereocenters. The Balaban J connectivity index is 2.10. The molecular weight excluding hydrogens is 407 g/mol. The molecule has 0 spiro atoms. The maximum atomic E-state index is 13.0. The highest BCUT2D eigenvalue weighted by atomic mass is 79.9. The minimum atomic E-state index is -0.503. The van der Waals surface area contributed by atoms with Crippen LogP contribution in [0.3, 0.4) is 0 Å². The van der Waals surface area contributed by atoms with E-state index in [9.17, 15) is 14.3 Å². The lowest BCUT2D eigenvalue weighted by Gasteiger charge is -2.03. The topological polar surface area (TPSA) is 61.7 Å². The molecule has 0 aromatic heterocycles. The first-order chi connectivity index (χ1) is 9.97. The molecule has 108 valence electrons. The Bertz CT molecular complexity index is 720. The van der Waals surface area contributed by atoms with Gasteiger partial charge in [0, 0.05) is 14.5 Å². The molecule has 1 amide bonds. The summed E-state index contributed by atoms with van der Waals surface area (Å²) in [5, 5.41) is 13.2. The Morgan fingerprint density at radius 1 is 1.24 bits per heavy atom. The Morgan fingerprint density at radius 3 is 2.71 bits per heavy atom. The van der Waals surface area contributed by atoms with Gasteiger partial charge in [-0.15, -0.1) is 0 Å². The molecule has 0 aliphatic carbocycles. The third-order valence-corrected chi connectivity index (χ3v) is 3.68. The fraction of sp³-hybridized carbons (Fsp3) is 0. The molecule has 0 aliphatic heterocycles. The van der Waals surface area contributed by atoms with E-state index in [4.69, 9.17) is 0 Å². The SMILES string of the molecule is O=C(N/N=C/c1cc(F)ccc1O)c1ccc(Br)cc1Br. The molecule has 0 heterocycles. The number of hydrogen-bond acceptors (Lipinski definition) is 3. The monoisotopic (exact) mass is 414 g/mol. The number of nitrogens with zero attached hydrogens (tertiary/aromatic N) is 1. The predicted octanol–water partition coefficient (Wildman–Crippen LogP) is 3.82. The number of nitrogens with one attached hydrogen (secondary N) is 1. The van der Waals surface area contributed by atoms with Gasteiger partial charge in [0.1, 0.15) is 11.6 Å². The number of carbonyl (C=O) groups excluding carboxylic acids is 1. The van der Waals surface area contributed by atoms with E-state index >= 15 is 0 Å². The Hall–Kier alpha value is -1.73. The van der Waals surface area contributed by atoms with Crippen LogP contribution in [0.5, 0.6) is 5.75 Å². The van der Waals surface area contributed by atoms with Crippen molar-refractivity contribution in [3.05, 3.63) is 62.3 Å². The molecule has 0 aliphatic rings. The third-order valence-electron chi connectivity index (χ3n) is 2.54. The number of phenolic OH excluding ortho intramolecular Hbond substituents is 1. The number of benzene rings is 2. The van der Waals surface area contributed by atoms with Gasteiger partial charge in [-0.05, 0) is 52.3 Å². The molecule has 2 N–H and O–H groups in total. The zero-order valence-electron chi connectivity index (χ0n) is 10.5. The maximum Gasteiger partial charge on any atom is 0.272 e. The maximum absolute atomic E-state index is 13.0. The highest BCUT2D eigenvalue weighted by Crippen LogP contribution is 2.21. The summed E-state index contributed by atoms with van der Waals surface area (Å²) in [6.45, 7) is 0. The summed E-state index contributed by atoms with van der Waals surface area (Å²) >= 11 is 6.56. The van der Waals surface area contributed by atoms with E-state index in [0.29, 0.717) is 10.0 Å². The second-order valence-corrected chi connectivity index (χ2v) is 5.80. The van der Waals surface area contributed by atoms with Crippen LogP contribution in [0.2, 0.25) is 0 Å². The van der Waals surface area contributed by atoms with Crippen molar-refractivity contribution in [1.29, 1.82) is 0 Å². The van der Waals surface area contributed by atoms with Crippen LogP contribution in [-0.4, -0.2) is 17.2 Å². The highest BCUT2D eigenvalue weighted by molar-refractivity contribution is 9.11. The van der Waals surface area contributed by atoms with Crippen LogP contribution in [0.4, 0.5) is 4.39 Å². The van der Waals surface area contributed by atoms with Gasteiger partial charge in [0.15, 0.2) is 0 Å². The van der Waals surface area contributed by atoms with Crippen molar-refractivity contribution in [2.75, 3.05) is 0 Å². The molecule has 0 bridgehead atoms. The van der Waals surface area contributed by atoms with Crippen molar-refractivity contribution < 1.29 is 14.3 Å². The van der Waals surface area contributed by atoms with Crippen LogP contribution in [0.15, 0.2) is 50.4 Å². The van der Waals surface area contributed by atoms with Crippen LogP contribution in [0.1, 0.15) is 15.9 Å². The Labute approximate surface area is 136 Å². The molecule has 0 unspecified atom stereocenters. The number of hydrogen-bond donors (Lipinski definition) is 2.